The third kappa shape index (κ3) is 7.03. The molecule has 0 saturated carbocycles. The molecule has 0 radical (unpaired) electrons. The molecule has 0 aromatic heterocycles. The van der Waals surface area contributed by atoms with Gasteiger partial charge in [-0.05, 0) is 63.2 Å². The van der Waals surface area contributed by atoms with Crippen molar-refractivity contribution in [1.29, 1.82) is 0 Å². The maximum Gasteiger partial charge on any atom is 0.230 e. The number of benzene rings is 1. The van der Waals surface area contributed by atoms with Crippen molar-refractivity contribution in [2.24, 2.45) is 0 Å². The third-order valence-electron chi connectivity index (χ3n) is 3.86. The molecule has 0 spiro atoms. The standard InChI is InChI=1S/C17H25ClN2OS/c18-15-6-8-16(9-7-15)22-14-17(21)19-10-5-13-20-11-3-1-2-4-12-20/h6-9H,1-5,10-14H2,(H,19,21). The normalized spacial score (nSPS) is 16.2. The summed E-state index contributed by atoms with van der Waals surface area (Å²) >= 11 is 7.39. The minimum atomic E-state index is 0.107. The molecule has 1 aliphatic rings. The summed E-state index contributed by atoms with van der Waals surface area (Å²) in [5.41, 5.74) is 0. The molecule has 0 atom stereocenters. The fraction of sp³-hybridized carbons (Fsp3) is 0.588. The second-order valence-electron chi connectivity index (χ2n) is 5.70. The Bertz CT molecular complexity index is 444. The molecule has 0 unspecified atom stereocenters. The van der Waals surface area contributed by atoms with E-state index in [2.05, 4.69) is 10.2 Å². The maximum atomic E-state index is 11.8. The van der Waals surface area contributed by atoms with Crippen LogP contribution in [0.25, 0.3) is 0 Å². The van der Waals surface area contributed by atoms with Crippen LogP contribution in [0.2, 0.25) is 5.02 Å². The number of hydrogen-bond donors (Lipinski definition) is 1. The summed E-state index contributed by atoms with van der Waals surface area (Å²) in [4.78, 5) is 15.4. The molecule has 1 aromatic carbocycles. The van der Waals surface area contributed by atoms with Gasteiger partial charge in [-0.3, -0.25) is 4.79 Å². The Hall–Kier alpha value is -0.710. The molecule has 1 heterocycles. The fourth-order valence-electron chi connectivity index (χ4n) is 2.62. The van der Waals surface area contributed by atoms with Crippen LogP contribution in [0.5, 0.6) is 0 Å². The highest BCUT2D eigenvalue weighted by Crippen LogP contribution is 2.19. The van der Waals surface area contributed by atoms with Gasteiger partial charge in [0, 0.05) is 16.5 Å². The van der Waals surface area contributed by atoms with E-state index >= 15 is 0 Å². The topological polar surface area (TPSA) is 32.3 Å². The van der Waals surface area contributed by atoms with Crippen LogP contribution in [-0.4, -0.2) is 42.7 Å². The Labute approximate surface area is 142 Å². The average Bonchev–Trinajstić information content (AvgIpc) is 2.80. The number of nitrogens with zero attached hydrogens (tertiary/aromatic N) is 1. The van der Waals surface area contributed by atoms with E-state index in [1.807, 2.05) is 24.3 Å². The Morgan fingerprint density at radius 1 is 1.14 bits per heavy atom. The first-order valence-electron chi connectivity index (χ1n) is 8.11. The summed E-state index contributed by atoms with van der Waals surface area (Å²) in [5.74, 6) is 0.571. The first kappa shape index (κ1) is 17.6. The monoisotopic (exact) mass is 340 g/mol. The highest BCUT2D eigenvalue weighted by molar-refractivity contribution is 8.00. The van der Waals surface area contributed by atoms with Crippen molar-refractivity contribution in [3.63, 3.8) is 0 Å². The van der Waals surface area contributed by atoms with Crippen LogP contribution in [0.4, 0.5) is 0 Å². The van der Waals surface area contributed by atoms with E-state index in [4.69, 9.17) is 11.6 Å². The van der Waals surface area contributed by atoms with Crippen molar-refractivity contribution >= 4 is 29.3 Å². The highest BCUT2D eigenvalue weighted by atomic mass is 35.5. The Morgan fingerprint density at radius 3 is 2.50 bits per heavy atom. The van der Waals surface area contributed by atoms with Gasteiger partial charge < -0.3 is 10.2 Å². The molecule has 122 valence electrons. The molecule has 2 rings (SSSR count). The van der Waals surface area contributed by atoms with Crippen molar-refractivity contribution in [1.82, 2.24) is 10.2 Å². The highest BCUT2D eigenvalue weighted by Gasteiger charge is 2.08. The largest absolute Gasteiger partial charge is 0.355 e. The van der Waals surface area contributed by atoms with Gasteiger partial charge in [-0.25, -0.2) is 0 Å². The number of carbonyl (C=O) groups is 1. The summed E-state index contributed by atoms with van der Waals surface area (Å²) < 4.78 is 0. The molecule has 0 bridgehead atoms. The van der Waals surface area contributed by atoms with E-state index in [0.29, 0.717) is 5.75 Å². The van der Waals surface area contributed by atoms with Gasteiger partial charge in [-0.15, -0.1) is 11.8 Å². The lowest BCUT2D eigenvalue weighted by Gasteiger charge is -2.19. The number of likely N-dealkylation sites (tertiary alicyclic amines) is 1. The molecule has 5 heteroatoms. The summed E-state index contributed by atoms with van der Waals surface area (Å²) in [7, 11) is 0. The maximum absolute atomic E-state index is 11.8. The lowest BCUT2D eigenvalue weighted by molar-refractivity contribution is -0.118. The lowest BCUT2D eigenvalue weighted by atomic mass is 10.2. The second kappa shape index (κ2) is 10.1. The Morgan fingerprint density at radius 2 is 1.82 bits per heavy atom. The zero-order chi connectivity index (χ0) is 15.6. The molecule has 0 aliphatic carbocycles. The van der Waals surface area contributed by atoms with E-state index in [9.17, 15) is 4.79 Å². The Kier molecular flexibility index (Phi) is 8.13. The van der Waals surface area contributed by atoms with Gasteiger partial charge in [-0.2, -0.15) is 0 Å². The van der Waals surface area contributed by atoms with Crippen LogP contribution >= 0.6 is 23.4 Å². The molecule has 22 heavy (non-hydrogen) atoms. The average molecular weight is 341 g/mol. The van der Waals surface area contributed by atoms with Crippen LogP contribution in [-0.2, 0) is 4.79 Å². The fourth-order valence-corrected chi connectivity index (χ4v) is 3.48. The number of hydrogen-bond acceptors (Lipinski definition) is 3. The van der Waals surface area contributed by atoms with Crippen LogP contribution in [0.3, 0.4) is 0 Å². The summed E-state index contributed by atoms with van der Waals surface area (Å²) in [6.07, 6.45) is 6.43. The van der Waals surface area contributed by atoms with E-state index < -0.39 is 0 Å². The number of thioether (sulfide) groups is 1. The van der Waals surface area contributed by atoms with E-state index in [1.54, 1.807) is 11.8 Å². The van der Waals surface area contributed by atoms with Crippen molar-refractivity contribution in [3.8, 4) is 0 Å². The van der Waals surface area contributed by atoms with E-state index in [-0.39, 0.29) is 5.91 Å². The lowest BCUT2D eigenvalue weighted by Crippen LogP contribution is -2.31. The smallest absolute Gasteiger partial charge is 0.230 e. The first-order chi connectivity index (χ1) is 10.7. The van der Waals surface area contributed by atoms with Crippen LogP contribution in [0.15, 0.2) is 29.2 Å². The van der Waals surface area contributed by atoms with Gasteiger partial charge in [0.15, 0.2) is 0 Å². The molecule has 1 fully saturated rings. The second-order valence-corrected chi connectivity index (χ2v) is 7.19. The van der Waals surface area contributed by atoms with Gasteiger partial charge in [0.25, 0.3) is 0 Å². The molecule has 1 aliphatic heterocycles. The molecule has 1 N–H and O–H groups in total. The SMILES string of the molecule is O=C(CSc1ccc(Cl)cc1)NCCCN1CCCCCC1. The van der Waals surface area contributed by atoms with Gasteiger partial charge in [0.05, 0.1) is 5.75 Å². The third-order valence-corrected chi connectivity index (χ3v) is 5.12. The molecule has 3 nitrogen and oxygen atoms in total. The Balaban J connectivity index is 1.54. The quantitative estimate of drug-likeness (QED) is 0.605. The molecular formula is C17H25ClN2OS. The number of nitrogens with one attached hydrogen (secondary N) is 1. The summed E-state index contributed by atoms with van der Waals surface area (Å²) in [6, 6.07) is 7.59. The van der Waals surface area contributed by atoms with Crippen molar-refractivity contribution in [2.45, 2.75) is 37.0 Å². The first-order valence-corrected chi connectivity index (χ1v) is 9.48. The summed E-state index contributed by atoms with van der Waals surface area (Å²) in [6.45, 7) is 4.32. The minimum Gasteiger partial charge on any atom is -0.355 e. The van der Waals surface area contributed by atoms with E-state index in [0.717, 1.165) is 29.4 Å². The minimum absolute atomic E-state index is 0.107. The van der Waals surface area contributed by atoms with Crippen LogP contribution in [0, 0.1) is 0 Å². The number of rotatable bonds is 7. The number of halogens is 1. The van der Waals surface area contributed by atoms with Crippen LogP contribution < -0.4 is 5.32 Å². The molecule has 1 saturated heterocycles. The van der Waals surface area contributed by atoms with E-state index in [1.165, 1.54) is 38.8 Å². The predicted molar refractivity (Wildman–Crippen MR) is 94.7 cm³/mol. The predicted octanol–water partition coefficient (Wildman–Crippen LogP) is 3.81. The molecule has 1 amide bonds. The zero-order valence-electron chi connectivity index (χ0n) is 13.0. The number of carbonyl (C=O) groups excluding carboxylic acids is 1. The molecule has 1 aromatic rings. The van der Waals surface area contributed by atoms with Crippen LogP contribution in [0.1, 0.15) is 32.1 Å². The van der Waals surface area contributed by atoms with Gasteiger partial charge in [-0.1, -0.05) is 24.4 Å². The van der Waals surface area contributed by atoms with Gasteiger partial charge >= 0.3 is 0 Å². The summed E-state index contributed by atoms with van der Waals surface area (Å²) in [5, 5.41) is 3.73. The molecular weight excluding hydrogens is 316 g/mol. The van der Waals surface area contributed by atoms with Crippen molar-refractivity contribution in [2.75, 3.05) is 31.9 Å². The van der Waals surface area contributed by atoms with Crippen molar-refractivity contribution < 1.29 is 4.79 Å². The zero-order valence-corrected chi connectivity index (χ0v) is 14.6. The van der Waals surface area contributed by atoms with Crippen molar-refractivity contribution in [3.05, 3.63) is 29.3 Å². The number of amides is 1. The van der Waals surface area contributed by atoms with Gasteiger partial charge in [0.1, 0.15) is 0 Å². The van der Waals surface area contributed by atoms with Gasteiger partial charge in [0.2, 0.25) is 5.91 Å².